The molecule has 1 aromatic carbocycles. The number of anilines is 1. The normalized spacial score (nSPS) is 11.9. The molecular formula is C12H17N3O2. The summed E-state index contributed by atoms with van der Waals surface area (Å²) >= 11 is 0. The van der Waals surface area contributed by atoms with Gasteiger partial charge in [0.25, 0.3) is 0 Å². The molecule has 0 saturated heterocycles. The molecule has 1 rings (SSSR count). The lowest BCUT2D eigenvalue weighted by atomic mass is 10.1. The number of carbonyl (C=O) groups is 2. The Hall–Kier alpha value is -1.88. The zero-order valence-corrected chi connectivity index (χ0v) is 9.77. The largest absolute Gasteiger partial charge is 0.378 e. The Balaban J connectivity index is 2.55. The first-order chi connectivity index (χ1) is 7.99. The molecule has 0 heterocycles. The maximum atomic E-state index is 10.8. The molecule has 0 bridgehead atoms. The van der Waals surface area contributed by atoms with E-state index in [0.29, 0.717) is 13.0 Å². The van der Waals surface area contributed by atoms with Gasteiger partial charge in [0.1, 0.15) is 5.78 Å². The third-order valence-corrected chi connectivity index (χ3v) is 2.32. The Labute approximate surface area is 100 Å². The van der Waals surface area contributed by atoms with E-state index in [9.17, 15) is 9.59 Å². The third kappa shape index (κ3) is 4.65. The fourth-order valence-corrected chi connectivity index (χ4v) is 1.34. The van der Waals surface area contributed by atoms with Crippen LogP contribution in [0.2, 0.25) is 0 Å². The number of benzene rings is 1. The van der Waals surface area contributed by atoms with Gasteiger partial charge < -0.3 is 16.8 Å². The van der Waals surface area contributed by atoms with Crippen LogP contribution in [0.4, 0.5) is 5.69 Å². The van der Waals surface area contributed by atoms with Crippen LogP contribution in [0.15, 0.2) is 24.3 Å². The highest BCUT2D eigenvalue weighted by Gasteiger charge is 2.09. The molecule has 92 valence electrons. The number of hydrogen-bond donors (Lipinski definition) is 3. The van der Waals surface area contributed by atoms with E-state index in [1.54, 1.807) is 0 Å². The van der Waals surface area contributed by atoms with Gasteiger partial charge >= 0.3 is 0 Å². The summed E-state index contributed by atoms with van der Waals surface area (Å²) in [6, 6.07) is 6.72. The van der Waals surface area contributed by atoms with Crippen LogP contribution in [0.3, 0.4) is 0 Å². The molecule has 0 fully saturated rings. The molecule has 17 heavy (non-hydrogen) atoms. The molecule has 5 N–H and O–H groups in total. The Morgan fingerprint density at radius 2 is 1.88 bits per heavy atom. The van der Waals surface area contributed by atoms with Gasteiger partial charge in [0.2, 0.25) is 5.91 Å². The van der Waals surface area contributed by atoms with Crippen LogP contribution in [-0.2, 0) is 16.0 Å². The van der Waals surface area contributed by atoms with Crippen molar-refractivity contribution in [2.45, 2.75) is 19.4 Å². The molecule has 0 aliphatic heterocycles. The third-order valence-electron chi connectivity index (χ3n) is 2.32. The van der Waals surface area contributed by atoms with Crippen molar-refractivity contribution in [1.29, 1.82) is 0 Å². The van der Waals surface area contributed by atoms with E-state index in [1.807, 2.05) is 24.3 Å². The average molecular weight is 235 g/mol. The number of Topliss-reactive ketones (excluding diaryl/α,β-unsaturated/α-hetero) is 1. The van der Waals surface area contributed by atoms with Crippen molar-refractivity contribution in [3.63, 3.8) is 0 Å². The van der Waals surface area contributed by atoms with Gasteiger partial charge in [0.05, 0.1) is 12.6 Å². The minimum Gasteiger partial charge on any atom is -0.378 e. The van der Waals surface area contributed by atoms with Crippen molar-refractivity contribution < 1.29 is 9.59 Å². The molecule has 1 amide bonds. The van der Waals surface area contributed by atoms with Crippen molar-refractivity contribution in [3.8, 4) is 0 Å². The molecule has 5 heteroatoms. The highest BCUT2D eigenvalue weighted by Crippen LogP contribution is 2.10. The maximum absolute atomic E-state index is 10.8. The first-order valence-corrected chi connectivity index (χ1v) is 5.36. The van der Waals surface area contributed by atoms with E-state index in [0.717, 1.165) is 11.3 Å². The smallest absolute Gasteiger partial charge is 0.234 e. The van der Waals surface area contributed by atoms with E-state index in [4.69, 9.17) is 11.5 Å². The molecule has 1 atom stereocenters. The van der Waals surface area contributed by atoms with Gasteiger partial charge in [-0.2, -0.15) is 0 Å². The molecule has 0 spiro atoms. The van der Waals surface area contributed by atoms with Crippen LogP contribution < -0.4 is 16.8 Å². The summed E-state index contributed by atoms with van der Waals surface area (Å²) in [4.78, 5) is 21.6. The molecule has 1 unspecified atom stereocenters. The van der Waals surface area contributed by atoms with Crippen molar-refractivity contribution in [2.24, 2.45) is 11.5 Å². The van der Waals surface area contributed by atoms with Crippen LogP contribution in [0.1, 0.15) is 12.5 Å². The Bertz CT molecular complexity index is 401. The lowest BCUT2D eigenvalue weighted by Crippen LogP contribution is -2.38. The molecule has 5 nitrogen and oxygen atoms in total. The highest BCUT2D eigenvalue weighted by atomic mass is 16.1. The van der Waals surface area contributed by atoms with Crippen molar-refractivity contribution in [1.82, 2.24) is 0 Å². The predicted octanol–water partition coefficient (Wildman–Crippen LogP) is 0.0426. The van der Waals surface area contributed by atoms with Crippen molar-refractivity contribution in [3.05, 3.63) is 29.8 Å². The Morgan fingerprint density at radius 3 is 2.35 bits per heavy atom. The summed E-state index contributed by atoms with van der Waals surface area (Å²) in [6.45, 7) is 1.83. The van der Waals surface area contributed by atoms with Gasteiger partial charge in [-0.15, -0.1) is 0 Å². The standard InChI is InChI=1S/C12H17N3O2/c1-8(16)7-15-10-4-2-9(3-5-10)6-11(13)12(14)17/h2-5,11,15H,6-7,13H2,1H3,(H2,14,17). The van der Waals surface area contributed by atoms with Crippen LogP contribution in [-0.4, -0.2) is 24.3 Å². The van der Waals surface area contributed by atoms with Gasteiger partial charge in [-0.1, -0.05) is 12.1 Å². The van der Waals surface area contributed by atoms with Gasteiger partial charge in [-0.3, -0.25) is 9.59 Å². The number of nitrogens with one attached hydrogen (secondary N) is 1. The zero-order chi connectivity index (χ0) is 12.8. The number of ketones is 1. The van der Waals surface area contributed by atoms with Crippen LogP contribution in [0, 0.1) is 0 Å². The Kier molecular flexibility index (Phi) is 4.66. The lowest BCUT2D eigenvalue weighted by molar-refractivity contribution is -0.119. The van der Waals surface area contributed by atoms with Crippen molar-refractivity contribution >= 4 is 17.4 Å². The van der Waals surface area contributed by atoms with Crippen LogP contribution >= 0.6 is 0 Å². The fourth-order valence-electron chi connectivity index (χ4n) is 1.34. The molecule has 0 aliphatic rings. The zero-order valence-electron chi connectivity index (χ0n) is 9.77. The van der Waals surface area contributed by atoms with E-state index in [1.165, 1.54) is 6.92 Å². The van der Waals surface area contributed by atoms with Gasteiger partial charge in [0.15, 0.2) is 0 Å². The molecule has 0 aliphatic carbocycles. The SMILES string of the molecule is CC(=O)CNc1ccc(CC(N)C(N)=O)cc1. The monoisotopic (exact) mass is 235 g/mol. The second-order valence-electron chi connectivity index (χ2n) is 3.97. The molecular weight excluding hydrogens is 218 g/mol. The summed E-state index contributed by atoms with van der Waals surface area (Å²) in [5.41, 5.74) is 12.4. The summed E-state index contributed by atoms with van der Waals surface area (Å²) in [7, 11) is 0. The first kappa shape index (κ1) is 13.2. The summed E-state index contributed by atoms with van der Waals surface area (Å²) in [6.07, 6.45) is 0.419. The number of amides is 1. The fraction of sp³-hybridized carbons (Fsp3) is 0.333. The molecule has 1 aromatic rings. The number of nitrogens with two attached hydrogens (primary N) is 2. The number of hydrogen-bond acceptors (Lipinski definition) is 4. The minimum absolute atomic E-state index is 0.0739. The predicted molar refractivity (Wildman–Crippen MR) is 66.5 cm³/mol. The van der Waals surface area contributed by atoms with E-state index in [-0.39, 0.29) is 5.78 Å². The number of carbonyl (C=O) groups excluding carboxylic acids is 2. The number of primary amides is 1. The maximum Gasteiger partial charge on any atom is 0.234 e. The van der Waals surface area contributed by atoms with Gasteiger partial charge in [-0.05, 0) is 31.0 Å². The van der Waals surface area contributed by atoms with Crippen molar-refractivity contribution in [2.75, 3.05) is 11.9 Å². The van der Waals surface area contributed by atoms with E-state index >= 15 is 0 Å². The lowest BCUT2D eigenvalue weighted by Gasteiger charge is -2.08. The molecule has 0 radical (unpaired) electrons. The first-order valence-electron chi connectivity index (χ1n) is 5.36. The van der Waals surface area contributed by atoms with Crippen LogP contribution in [0.25, 0.3) is 0 Å². The van der Waals surface area contributed by atoms with Crippen LogP contribution in [0.5, 0.6) is 0 Å². The molecule has 0 aromatic heterocycles. The topological polar surface area (TPSA) is 98.2 Å². The highest BCUT2D eigenvalue weighted by molar-refractivity contribution is 5.80. The van der Waals surface area contributed by atoms with E-state index < -0.39 is 11.9 Å². The Morgan fingerprint density at radius 1 is 1.29 bits per heavy atom. The van der Waals surface area contributed by atoms with Gasteiger partial charge in [0, 0.05) is 5.69 Å². The van der Waals surface area contributed by atoms with Gasteiger partial charge in [-0.25, -0.2) is 0 Å². The molecule has 0 saturated carbocycles. The second-order valence-corrected chi connectivity index (χ2v) is 3.97. The second kappa shape index (κ2) is 6.00. The minimum atomic E-state index is -0.661. The summed E-state index contributed by atoms with van der Waals surface area (Å²) in [5.74, 6) is -0.436. The number of rotatable bonds is 6. The van der Waals surface area contributed by atoms with E-state index in [2.05, 4.69) is 5.32 Å². The summed E-state index contributed by atoms with van der Waals surface area (Å²) < 4.78 is 0. The average Bonchev–Trinajstić information content (AvgIpc) is 2.28. The summed E-state index contributed by atoms with van der Waals surface area (Å²) in [5, 5.41) is 2.97. The quantitative estimate of drug-likeness (QED) is 0.648.